The highest BCUT2D eigenvalue weighted by Gasteiger charge is 2.27. The lowest BCUT2D eigenvalue weighted by Crippen LogP contribution is -2.39. The molecule has 0 heterocycles. The summed E-state index contributed by atoms with van der Waals surface area (Å²) in [6.07, 6.45) is 1.40. The number of rotatable bonds is 11. The first-order valence-electron chi connectivity index (χ1n) is 13.0. The fourth-order valence-electron chi connectivity index (χ4n) is 3.97. The molecule has 230 valence electrons. The summed E-state index contributed by atoms with van der Waals surface area (Å²) in [5.41, 5.74) is 5.69. The van der Waals surface area contributed by atoms with Crippen molar-refractivity contribution in [3.63, 3.8) is 0 Å². The molecule has 0 spiro atoms. The SMILES string of the molecule is COc1cc(/C=N\NC(=O)CN(c2ccc(C)c(Cl)c2)S(=O)(=O)c2ccc(C)cc2)cc(Br)c1OCc1ccc(Cl)c(Cl)c1. The Kier molecular flexibility index (Phi) is 11.2. The number of nitrogens with zero attached hydrogens (tertiary/aromatic N) is 2. The Balaban J connectivity index is 1.50. The summed E-state index contributed by atoms with van der Waals surface area (Å²) in [4.78, 5) is 13.0. The van der Waals surface area contributed by atoms with E-state index in [4.69, 9.17) is 44.3 Å². The maximum atomic E-state index is 13.6. The average Bonchev–Trinajstić information content (AvgIpc) is 2.98. The topological polar surface area (TPSA) is 97.3 Å². The number of sulfonamides is 1. The van der Waals surface area contributed by atoms with Gasteiger partial charge in [-0.05, 0) is 95.0 Å². The van der Waals surface area contributed by atoms with Gasteiger partial charge in [-0.2, -0.15) is 5.10 Å². The molecule has 8 nitrogen and oxygen atoms in total. The summed E-state index contributed by atoms with van der Waals surface area (Å²) >= 11 is 21.9. The van der Waals surface area contributed by atoms with Gasteiger partial charge in [0.15, 0.2) is 11.5 Å². The van der Waals surface area contributed by atoms with Crippen molar-refractivity contribution < 1.29 is 22.7 Å². The molecule has 0 aliphatic heterocycles. The average molecular weight is 740 g/mol. The third-order valence-electron chi connectivity index (χ3n) is 6.36. The molecule has 4 rings (SSSR count). The number of methoxy groups -OCH3 is 1. The Bertz CT molecular complexity index is 1820. The normalized spacial score (nSPS) is 11.4. The second-order valence-corrected chi connectivity index (χ2v) is 13.6. The number of aryl methyl sites for hydroxylation is 2. The fraction of sp³-hybridized carbons (Fsp3) is 0.161. The predicted molar refractivity (Wildman–Crippen MR) is 179 cm³/mol. The number of hydrogen-bond donors (Lipinski definition) is 1. The predicted octanol–water partition coefficient (Wildman–Crippen LogP) is 7.96. The molecule has 0 saturated heterocycles. The van der Waals surface area contributed by atoms with Crippen molar-refractivity contribution >= 4 is 78.6 Å². The molecule has 4 aromatic carbocycles. The Morgan fingerprint density at radius 1 is 0.955 bits per heavy atom. The Labute approximate surface area is 279 Å². The Morgan fingerprint density at radius 3 is 2.34 bits per heavy atom. The van der Waals surface area contributed by atoms with E-state index in [-0.39, 0.29) is 17.2 Å². The van der Waals surface area contributed by atoms with Crippen LogP contribution in [0, 0.1) is 13.8 Å². The van der Waals surface area contributed by atoms with Crippen LogP contribution in [0.3, 0.4) is 0 Å². The highest BCUT2D eigenvalue weighted by molar-refractivity contribution is 9.10. The van der Waals surface area contributed by atoms with Gasteiger partial charge in [-0.1, -0.05) is 64.6 Å². The van der Waals surface area contributed by atoms with E-state index in [1.54, 1.807) is 61.5 Å². The summed E-state index contributed by atoms with van der Waals surface area (Å²) < 4.78 is 40.2. The maximum absolute atomic E-state index is 13.6. The van der Waals surface area contributed by atoms with Crippen LogP contribution in [0.1, 0.15) is 22.3 Å². The zero-order valence-electron chi connectivity index (χ0n) is 23.8. The molecule has 0 aromatic heterocycles. The summed E-state index contributed by atoms with van der Waals surface area (Å²) in [6, 6.07) is 19.8. The van der Waals surface area contributed by atoms with Gasteiger partial charge in [-0.15, -0.1) is 0 Å². The van der Waals surface area contributed by atoms with E-state index in [2.05, 4.69) is 26.5 Å². The number of carbonyl (C=O) groups is 1. The number of nitrogens with one attached hydrogen (secondary N) is 1. The lowest BCUT2D eigenvalue weighted by molar-refractivity contribution is -0.119. The monoisotopic (exact) mass is 737 g/mol. The smallest absolute Gasteiger partial charge is 0.264 e. The van der Waals surface area contributed by atoms with Crippen LogP contribution in [-0.2, 0) is 21.4 Å². The van der Waals surface area contributed by atoms with Crippen LogP contribution in [0.4, 0.5) is 5.69 Å². The molecular formula is C31H27BrCl3N3O5S. The van der Waals surface area contributed by atoms with Crippen LogP contribution >= 0.6 is 50.7 Å². The van der Waals surface area contributed by atoms with E-state index in [0.717, 1.165) is 21.0 Å². The lowest BCUT2D eigenvalue weighted by atomic mass is 10.2. The summed E-state index contributed by atoms with van der Waals surface area (Å²) in [5, 5.41) is 5.27. The second kappa shape index (κ2) is 14.7. The van der Waals surface area contributed by atoms with Crippen LogP contribution in [0.5, 0.6) is 11.5 Å². The van der Waals surface area contributed by atoms with Crippen molar-refractivity contribution in [2.24, 2.45) is 5.10 Å². The molecule has 0 atom stereocenters. The lowest BCUT2D eigenvalue weighted by Gasteiger charge is -2.24. The molecule has 0 aliphatic carbocycles. The van der Waals surface area contributed by atoms with Gasteiger partial charge in [-0.25, -0.2) is 13.8 Å². The second-order valence-electron chi connectivity index (χ2n) is 9.62. The van der Waals surface area contributed by atoms with Gasteiger partial charge in [0.05, 0.1) is 38.4 Å². The van der Waals surface area contributed by atoms with Crippen molar-refractivity contribution in [1.82, 2.24) is 5.43 Å². The molecule has 0 unspecified atom stereocenters. The number of halogens is 4. The van der Waals surface area contributed by atoms with Crippen LogP contribution in [-0.4, -0.2) is 34.2 Å². The highest BCUT2D eigenvalue weighted by Crippen LogP contribution is 2.37. The fourth-order valence-corrected chi connectivity index (χ4v) is 6.46. The first-order valence-corrected chi connectivity index (χ1v) is 16.4. The van der Waals surface area contributed by atoms with Crippen LogP contribution < -0.4 is 19.2 Å². The first kappa shape index (κ1) is 33.6. The van der Waals surface area contributed by atoms with Crippen molar-refractivity contribution in [2.45, 2.75) is 25.3 Å². The van der Waals surface area contributed by atoms with Gasteiger partial charge < -0.3 is 9.47 Å². The Morgan fingerprint density at radius 2 is 1.68 bits per heavy atom. The number of amides is 1. The van der Waals surface area contributed by atoms with E-state index < -0.39 is 22.5 Å². The number of ether oxygens (including phenoxy) is 2. The van der Waals surface area contributed by atoms with Crippen molar-refractivity contribution in [2.75, 3.05) is 18.0 Å². The minimum absolute atomic E-state index is 0.0366. The molecule has 44 heavy (non-hydrogen) atoms. The molecule has 0 aliphatic rings. The summed E-state index contributed by atoms with van der Waals surface area (Å²) in [6.45, 7) is 3.32. The minimum Gasteiger partial charge on any atom is -0.493 e. The molecule has 13 heteroatoms. The molecule has 1 N–H and O–H groups in total. The van der Waals surface area contributed by atoms with E-state index in [9.17, 15) is 13.2 Å². The van der Waals surface area contributed by atoms with Gasteiger partial charge in [0.25, 0.3) is 15.9 Å². The van der Waals surface area contributed by atoms with Crippen molar-refractivity contribution in [3.05, 3.63) is 115 Å². The zero-order valence-corrected chi connectivity index (χ0v) is 28.4. The van der Waals surface area contributed by atoms with Gasteiger partial charge >= 0.3 is 0 Å². The van der Waals surface area contributed by atoms with Gasteiger partial charge in [0.2, 0.25) is 0 Å². The molecular weight excluding hydrogens is 713 g/mol. The first-order chi connectivity index (χ1) is 20.9. The molecule has 0 bridgehead atoms. The van der Waals surface area contributed by atoms with Crippen LogP contribution in [0.2, 0.25) is 15.1 Å². The van der Waals surface area contributed by atoms with E-state index >= 15 is 0 Å². The van der Waals surface area contributed by atoms with Crippen molar-refractivity contribution in [3.8, 4) is 11.5 Å². The van der Waals surface area contributed by atoms with Gasteiger partial charge in [0.1, 0.15) is 13.2 Å². The van der Waals surface area contributed by atoms with Gasteiger partial charge in [-0.3, -0.25) is 9.10 Å². The number of hydrogen-bond acceptors (Lipinski definition) is 6. The summed E-state index contributed by atoms with van der Waals surface area (Å²) in [7, 11) is -2.61. The zero-order chi connectivity index (χ0) is 32.0. The third kappa shape index (κ3) is 8.25. The molecule has 0 fully saturated rings. The standard InChI is InChI=1S/C31H27BrCl3N3O5S/c1-19-4-9-24(10-5-19)44(40,41)38(23-8-6-20(2)27(34)15-23)17-30(39)37-36-16-22-12-25(32)31(29(14-22)42-3)43-18-21-7-11-26(33)28(35)13-21/h4-16H,17-18H2,1-3H3,(H,37,39)/b36-16-. The minimum atomic E-state index is -4.11. The Hall–Kier alpha value is -3.28. The molecule has 1 amide bonds. The van der Waals surface area contributed by atoms with Crippen LogP contribution in [0.25, 0.3) is 0 Å². The number of carbonyl (C=O) groups excluding carboxylic acids is 1. The van der Waals surface area contributed by atoms with Gasteiger partial charge in [0, 0.05) is 5.02 Å². The van der Waals surface area contributed by atoms with E-state index in [0.29, 0.717) is 36.6 Å². The van der Waals surface area contributed by atoms with E-state index in [1.165, 1.54) is 31.5 Å². The largest absolute Gasteiger partial charge is 0.493 e. The highest BCUT2D eigenvalue weighted by atomic mass is 79.9. The third-order valence-corrected chi connectivity index (χ3v) is 9.88. The number of anilines is 1. The van der Waals surface area contributed by atoms with Crippen LogP contribution in [0.15, 0.2) is 87.3 Å². The maximum Gasteiger partial charge on any atom is 0.264 e. The van der Waals surface area contributed by atoms with Crippen molar-refractivity contribution in [1.29, 1.82) is 0 Å². The quantitative estimate of drug-likeness (QED) is 0.124. The number of benzene rings is 4. The molecule has 4 aromatic rings. The number of hydrazone groups is 1. The molecule has 0 radical (unpaired) electrons. The summed E-state index contributed by atoms with van der Waals surface area (Å²) in [5.74, 6) is 0.202. The molecule has 0 saturated carbocycles. The van der Waals surface area contributed by atoms with E-state index in [1.807, 2.05) is 6.92 Å².